The van der Waals surface area contributed by atoms with Gasteiger partial charge in [0.05, 0.1) is 4.90 Å². The molecule has 0 unspecified atom stereocenters. The fourth-order valence-electron chi connectivity index (χ4n) is 1.73. The Kier molecular flexibility index (Phi) is 11.2. The normalized spacial score (nSPS) is 11.2. The summed E-state index contributed by atoms with van der Waals surface area (Å²) >= 11 is 4.81. The number of quaternary nitrogens is 1. The zero-order valence-corrected chi connectivity index (χ0v) is 17.0. The molecule has 0 heterocycles. The van der Waals surface area contributed by atoms with Crippen LogP contribution in [-0.2, 0) is 10.1 Å². The molecule has 0 aliphatic rings. The summed E-state index contributed by atoms with van der Waals surface area (Å²) in [5.41, 5.74) is 7.31. The van der Waals surface area contributed by atoms with E-state index in [0.29, 0.717) is 5.11 Å². The third-order valence-corrected chi connectivity index (χ3v) is 4.14. The number of hydrogen-bond donors (Lipinski definition) is 2. The quantitative estimate of drug-likeness (QED) is 0.446. The smallest absolute Gasteiger partial charge is 0.265 e. The number of rotatable bonds is 6. The maximum absolute atomic E-state index is 10.4. The van der Waals surface area contributed by atoms with Crippen molar-refractivity contribution >= 4 is 27.4 Å². The van der Waals surface area contributed by atoms with Crippen LogP contribution < -0.4 is 11.1 Å². The van der Waals surface area contributed by atoms with Gasteiger partial charge in [0.15, 0.2) is 0 Å². The third kappa shape index (κ3) is 13.4. The Morgan fingerprint density at radius 3 is 2.20 bits per heavy atom. The molecule has 0 aromatic heterocycles. The van der Waals surface area contributed by atoms with Gasteiger partial charge >= 0.3 is 0 Å². The first-order chi connectivity index (χ1) is 11.5. The molecule has 0 aliphatic carbocycles. The SMILES string of the molecule is CC(C)=CCC/C(C)=C/CNC([NH3+])=S.Cc1ccc(S(=O)(=O)[O-])cc1. The lowest BCUT2D eigenvalue weighted by Crippen LogP contribution is -2.62. The average molecular weight is 385 g/mol. The number of hydrogen-bond acceptors (Lipinski definition) is 4. The van der Waals surface area contributed by atoms with Crippen molar-refractivity contribution in [1.82, 2.24) is 5.32 Å². The highest BCUT2D eigenvalue weighted by Crippen LogP contribution is 2.08. The fraction of sp³-hybridized carbons (Fsp3) is 0.389. The van der Waals surface area contributed by atoms with Crippen LogP contribution in [0.4, 0.5) is 0 Å². The molecule has 0 aliphatic heterocycles. The highest BCUT2D eigenvalue weighted by atomic mass is 32.2. The lowest BCUT2D eigenvalue weighted by atomic mass is 10.1. The third-order valence-electron chi connectivity index (χ3n) is 3.15. The van der Waals surface area contributed by atoms with Gasteiger partial charge in [0.25, 0.3) is 5.11 Å². The van der Waals surface area contributed by atoms with E-state index in [1.165, 1.54) is 23.3 Å². The van der Waals surface area contributed by atoms with E-state index in [-0.39, 0.29) is 4.90 Å². The Balaban J connectivity index is 0.000000472. The molecule has 0 fully saturated rings. The standard InChI is InChI=1S/C11H20N2S.C7H8O3S/c1-9(2)5-4-6-10(3)7-8-13-11(12)14;1-6-2-4-7(5-3-6)11(8,9)10/h5,7H,4,6,8H2,1-3H3,(H3,12,13,14);2-5H,1H3,(H,8,9,10)/b10-7+;. The van der Waals surface area contributed by atoms with Gasteiger partial charge in [-0.2, -0.15) is 0 Å². The van der Waals surface area contributed by atoms with Gasteiger partial charge in [0, 0.05) is 18.8 Å². The molecule has 7 heteroatoms. The van der Waals surface area contributed by atoms with E-state index >= 15 is 0 Å². The topological polar surface area (TPSA) is 96.9 Å². The highest BCUT2D eigenvalue weighted by molar-refractivity contribution is 7.85. The molecule has 0 radical (unpaired) electrons. The molecular formula is C18H28N2O3S2. The summed E-state index contributed by atoms with van der Waals surface area (Å²) in [4.78, 5) is -0.178. The summed E-state index contributed by atoms with van der Waals surface area (Å²) in [5.74, 6) is 0. The van der Waals surface area contributed by atoms with Crippen LogP contribution in [0.5, 0.6) is 0 Å². The van der Waals surface area contributed by atoms with E-state index < -0.39 is 10.1 Å². The van der Waals surface area contributed by atoms with Gasteiger partial charge < -0.3 is 15.6 Å². The van der Waals surface area contributed by atoms with Gasteiger partial charge in [-0.25, -0.2) is 8.42 Å². The zero-order valence-electron chi connectivity index (χ0n) is 15.3. The van der Waals surface area contributed by atoms with Gasteiger partial charge in [-0.1, -0.05) is 41.0 Å². The van der Waals surface area contributed by atoms with Gasteiger partial charge in [-0.05, 0) is 52.7 Å². The first-order valence-electron chi connectivity index (χ1n) is 7.93. The predicted molar refractivity (Wildman–Crippen MR) is 105 cm³/mol. The van der Waals surface area contributed by atoms with Crippen LogP contribution in [0.25, 0.3) is 0 Å². The molecule has 1 aromatic carbocycles. The van der Waals surface area contributed by atoms with Crippen molar-refractivity contribution in [1.29, 1.82) is 0 Å². The van der Waals surface area contributed by atoms with E-state index in [1.54, 1.807) is 12.1 Å². The largest absolute Gasteiger partial charge is 0.744 e. The van der Waals surface area contributed by atoms with Crippen LogP contribution in [0, 0.1) is 6.92 Å². The van der Waals surface area contributed by atoms with Crippen LogP contribution >= 0.6 is 12.2 Å². The zero-order chi connectivity index (χ0) is 19.5. The minimum Gasteiger partial charge on any atom is -0.744 e. The maximum Gasteiger partial charge on any atom is 0.265 e. The molecule has 25 heavy (non-hydrogen) atoms. The molecule has 1 rings (SSSR count). The van der Waals surface area contributed by atoms with Gasteiger partial charge in [-0.15, -0.1) is 0 Å². The van der Waals surface area contributed by atoms with E-state index in [0.717, 1.165) is 24.9 Å². The highest BCUT2D eigenvalue weighted by Gasteiger charge is 1.97. The van der Waals surface area contributed by atoms with E-state index in [4.69, 9.17) is 12.2 Å². The summed E-state index contributed by atoms with van der Waals surface area (Å²) in [6.07, 6.45) is 6.67. The lowest BCUT2D eigenvalue weighted by Gasteiger charge is -2.05. The number of benzene rings is 1. The summed E-state index contributed by atoms with van der Waals surface area (Å²) in [6, 6.07) is 5.78. The first kappa shape index (κ1) is 23.5. The van der Waals surface area contributed by atoms with Crippen molar-refractivity contribution in [2.75, 3.05) is 6.54 Å². The molecule has 5 nitrogen and oxygen atoms in total. The molecule has 4 N–H and O–H groups in total. The van der Waals surface area contributed by atoms with Crippen molar-refractivity contribution in [2.45, 2.75) is 45.4 Å². The first-order valence-corrected chi connectivity index (χ1v) is 9.75. The van der Waals surface area contributed by atoms with Crippen molar-refractivity contribution in [3.8, 4) is 0 Å². The average Bonchev–Trinajstić information content (AvgIpc) is 2.46. The fourth-order valence-corrected chi connectivity index (χ4v) is 2.29. The molecule has 0 saturated heterocycles. The van der Waals surface area contributed by atoms with Gasteiger partial charge in [-0.3, -0.25) is 0 Å². The summed E-state index contributed by atoms with van der Waals surface area (Å²) in [7, 11) is -4.27. The molecule has 1 aromatic rings. The summed E-state index contributed by atoms with van der Waals surface area (Å²) in [6.45, 7) is 9.01. The molecule has 0 amide bonds. The van der Waals surface area contributed by atoms with Crippen LogP contribution in [0.15, 0.2) is 52.5 Å². The van der Waals surface area contributed by atoms with Crippen LogP contribution in [-0.4, -0.2) is 24.6 Å². The summed E-state index contributed by atoms with van der Waals surface area (Å²) < 4.78 is 31.2. The Labute approximate surface area is 156 Å². The number of nitrogens with one attached hydrogen (secondary N) is 1. The predicted octanol–water partition coefficient (Wildman–Crippen LogP) is 2.69. The van der Waals surface area contributed by atoms with Gasteiger partial charge in [0.2, 0.25) is 0 Å². The Bertz CT molecular complexity index is 702. The van der Waals surface area contributed by atoms with Crippen molar-refractivity contribution in [2.24, 2.45) is 0 Å². The Morgan fingerprint density at radius 2 is 1.76 bits per heavy atom. The molecule has 0 bridgehead atoms. The van der Waals surface area contributed by atoms with E-state index in [1.807, 2.05) is 6.92 Å². The van der Waals surface area contributed by atoms with Gasteiger partial charge in [0.1, 0.15) is 10.1 Å². The van der Waals surface area contributed by atoms with Crippen LogP contribution in [0.3, 0.4) is 0 Å². The van der Waals surface area contributed by atoms with Crippen LogP contribution in [0.2, 0.25) is 0 Å². The van der Waals surface area contributed by atoms with Crippen LogP contribution in [0.1, 0.15) is 39.2 Å². The second-order valence-corrected chi connectivity index (χ2v) is 7.81. The second-order valence-electron chi connectivity index (χ2n) is 5.94. The minimum absolute atomic E-state index is 0.178. The maximum atomic E-state index is 10.4. The summed E-state index contributed by atoms with van der Waals surface area (Å²) in [5, 5.41) is 3.61. The Hall–Kier alpha value is -1.54. The number of thiocarbonyl (C=S) groups is 1. The number of aryl methyl sites for hydroxylation is 1. The Morgan fingerprint density at radius 1 is 1.20 bits per heavy atom. The van der Waals surface area contributed by atoms with Crippen molar-refractivity contribution < 1.29 is 18.7 Å². The molecule has 0 spiro atoms. The molecule has 0 saturated carbocycles. The monoisotopic (exact) mass is 384 g/mol. The van der Waals surface area contributed by atoms with Crippen molar-refractivity contribution in [3.05, 3.63) is 53.1 Å². The molecular weight excluding hydrogens is 356 g/mol. The minimum atomic E-state index is -4.27. The molecule has 140 valence electrons. The van der Waals surface area contributed by atoms with E-state index in [9.17, 15) is 13.0 Å². The lowest BCUT2D eigenvalue weighted by molar-refractivity contribution is -0.214. The second kappa shape index (κ2) is 11.9. The van der Waals surface area contributed by atoms with Crippen molar-refractivity contribution in [3.63, 3.8) is 0 Å². The number of allylic oxidation sites excluding steroid dienone is 3. The molecule has 0 atom stereocenters. The van der Waals surface area contributed by atoms with E-state index in [2.05, 4.69) is 44.0 Å².